The van der Waals surface area contributed by atoms with Crippen molar-refractivity contribution in [3.8, 4) is 0 Å². The number of hydrogen-bond donors (Lipinski definition) is 2. The van der Waals surface area contributed by atoms with Gasteiger partial charge >= 0.3 is 0 Å². The second-order valence-electron chi connectivity index (χ2n) is 3.35. The van der Waals surface area contributed by atoms with E-state index in [1.54, 1.807) is 6.07 Å². The van der Waals surface area contributed by atoms with E-state index >= 15 is 0 Å². The van der Waals surface area contributed by atoms with E-state index in [-0.39, 0.29) is 18.9 Å². The van der Waals surface area contributed by atoms with Crippen LogP contribution in [0, 0.1) is 0 Å². The van der Waals surface area contributed by atoms with Crippen LogP contribution in [0.3, 0.4) is 0 Å². The zero-order valence-electron chi connectivity index (χ0n) is 8.87. The van der Waals surface area contributed by atoms with Crippen molar-refractivity contribution in [3.05, 3.63) is 47.0 Å². The molecule has 0 bridgehead atoms. The average molecular weight is 240 g/mol. The molecule has 0 heterocycles. The summed E-state index contributed by atoms with van der Waals surface area (Å²) in [6, 6.07) is 7.30. The summed E-state index contributed by atoms with van der Waals surface area (Å²) in [6.45, 7) is 3.87. The number of halogens is 1. The first-order valence-corrected chi connectivity index (χ1v) is 5.33. The second-order valence-corrected chi connectivity index (χ2v) is 3.76. The van der Waals surface area contributed by atoms with Gasteiger partial charge in [-0.15, -0.1) is 0 Å². The molecule has 0 fully saturated rings. The number of aliphatic hydroxyl groups excluding tert-OH is 1. The minimum atomic E-state index is -0.256. The summed E-state index contributed by atoms with van der Waals surface area (Å²) in [7, 11) is 0. The topological polar surface area (TPSA) is 49.3 Å². The molecule has 0 spiro atoms. The molecule has 1 aromatic carbocycles. The first-order valence-electron chi connectivity index (χ1n) is 4.95. The van der Waals surface area contributed by atoms with Crippen LogP contribution in [0.5, 0.6) is 0 Å². The second kappa shape index (κ2) is 6.30. The van der Waals surface area contributed by atoms with Crippen molar-refractivity contribution in [2.45, 2.75) is 13.0 Å². The maximum absolute atomic E-state index is 11.5. The molecule has 86 valence electrons. The maximum Gasteiger partial charge on any atom is 0.246 e. The SMILES string of the molecule is C=C(CCO)C(=O)NCc1ccccc1Cl. The monoisotopic (exact) mass is 239 g/mol. The first kappa shape index (κ1) is 12.7. The van der Waals surface area contributed by atoms with Gasteiger partial charge in [-0.1, -0.05) is 36.4 Å². The molecule has 0 saturated heterocycles. The van der Waals surface area contributed by atoms with Gasteiger partial charge in [0.15, 0.2) is 0 Å². The van der Waals surface area contributed by atoms with Crippen LogP contribution in [-0.4, -0.2) is 17.6 Å². The Kier molecular flexibility index (Phi) is 5.02. The molecule has 3 nitrogen and oxygen atoms in total. The third kappa shape index (κ3) is 3.68. The summed E-state index contributed by atoms with van der Waals surface area (Å²) >= 11 is 5.93. The van der Waals surface area contributed by atoms with Crippen molar-refractivity contribution in [3.63, 3.8) is 0 Å². The van der Waals surface area contributed by atoms with Gasteiger partial charge in [0, 0.05) is 30.2 Å². The lowest BCUT2D eigenvalue weighted by molar-refractivity contribution is -0.117. The minimum Gasteiger partial charge on any atom is -0.396 e. The molecule has 0 radical (unpaired) electrons. The van der Waals surface area contributed by atoms with Crippen LogP contribution in [0.2, 0.25) is 5.02 Å². The maximum atomic E-state index is 11.5. The van der Waals surface area contributed by atoms with Crippen molar-refractivity contribution < 1.29 is 9.90 Å². The van der Waals surface area contributed by atoms with Gasteiger partial charge < -0.3 is 10.4 Å². The Morgan fingerprint density at radius 1 is 1.44 bits per heavy atom. The molecule has 16 heavy (non-hydrogen) atoms. The number of benzene rings is 1. The van der Waals surface area contributed by atoms with Crippen molar-refractivity contribution in [2.24, 2.45) is 0 Å². The normalized spacial score (nSPS) is 9.88. The van der Waals surface area contributed by atoms with E-state index in [2.05, 4.69) is 11.9 Å². The van der Waals surface area contributed by atoms with Crippen molar-refractivity contribution >= 4 is 17.5 Å². The zero-order chi connectivity index (χ0) is 12.0. The van der Waals surface area contributed by atoms with Crippen LogP contribution in [0.4, 0.5) is 0 Å². The molecule has 0 atom stereocenters. The van der Waals surface area contributed by atoms with E-state index in [1.165, 1.54) is 0 Å². The first-order chi connectivity index (χ1) is 7.65. The van der Waals surface area contributed by atoms with Gasteiger partial charge in [0.1, 0.15) is 0 Å². The molecule has 4 heteroatoms. The summed E-state index contributed by atoms with van der Waals surface area (Å²) in [5, 5.41) is 12.0. The number of aliphatic hydroxyl groups is 1. The Bertz CT molecular complexity index is 390. The van der Waals surface area contributed by atoms with Gasteiger partial charge in [-0.05, 0) is 11.6 Å². The highest BCUT2D eigenvalue weighted by atomic mass is 35.5. The molecule has 0 aliphatic carbocycles. The highest BCUT2D eigenvalue weighted by molar-refractivity contribution is 6.31. The van der Waals surface area contributed by atoms with Crippen LogP contribution in [0.1, 0.15) is 12.0 Å². The summed E-state index contributed by atoms with van der Waals surface area (Å²) in [4.78, 5) is 11.5. The average Bonchev–Trinajstić information content (AvgIpc) is 2.28. The molecule has 1 amide bonds. The third-order valence-corrected chi connectivity index (χ3v) is 2.50. The van der Waals surface area contributed by atoms with Gasteiger partial charge in [0.2, 0.25) is 5.91 Å². The smallest absolute Gasteiger partial charge is 0.246 e. The summed E-state index contributed by atoms with van der Waals surface area (Å²) in [5.41, 5.74) is 1.23. The number of hydrogen-bond acceptors (Lipinski definition) is 2. The van der Waals surface area contributed by atoms with Crippen LogP contribution < -0.4 is 5.32 Å². The fourth-order valence-electron chi connectivity index (χ4n) is 1.19. The number of nitrogens with one attached hydrogen (secondary N) is 1. The molecule has 0 saturated carbocycles. The molecular weight excluding hydrogens is 226 g/mol. The fourth-order valence-corrected chi connectivity index (χ4v) is 1.39. The van der Waals surface area contributed by atoms with Crippen molar-refractivity contribution in [1.82, 2.24) is 5.32 Å². The molecule has 1 rings (SSSR count). The molecule has 1 aromatic rings. The van der Waals surface area contributed by atoms with Gasteiger partial charge in [-0.25, -0.2) is 0 Å². The summed E-state index contributed by atoms with van der Waals surface area (Å²) < 4.78 is 0. The Balaban J connectivity index is 2.49. The molecule has 0 unspecified atom stereocenters. The highest BCUT2D eigenvalue weighted by Crippen LogP contribution is 2.14. The van der Waals surface area contributed by atoms with E-state index in [0.717, 1.165) is 5.56 Å². The van der Waals surface area contributed by atoms with E-state index in [9.17, 15) is 4.79 Å². The quantitative estimate of drug-likeness (QED) is 0.771. The highest BCUT2D eigenvalue weighted by Gasteiger charge is 2.06. The third-order valence-electron chi connectivity index (χ3n) is 2.13. The Labute approximate surface area is 99.7 Å². The molecular formula is C12H14ClNO2. The standard InChI is InChI=1S/C12H14ClNO2/c1-9(6-7-15)12(16)14-8-10-4-2-3-5-11(10)13/h2-5,15H,1,6-8H2,(H,14,16). The molecule has 0 aromatic heterocycles. The van der Waals surface area contributed by atoms with E-state index < -0.39 is 0 Å². The number of rotatable bonds is 5. The van der Waals surface area contributed by atoms with E-state index in [1.807, 2.05) is 18.2 Å². The summed E-state index contributed by atoms with van der Waals surface area (Å²) in [5.74, 6) is -0.256. The van der Waals surface area contributed by atoms with E-state index in [4.69, 9.17) is 16.7 Å². The van der Waals surface area contributed by atoms with Crippen LogP contribution in [0.15, 0.2) is 36.4 Å². The lowest BCUT2D eigenvalue weighted by Crippen LogP contribution is -2.24. The minimum absolute atomic E-state index is 0.0711. The van der Waals surface area contributed by atoms with Gasteiger partial charge in [0.05, 0.1) is 0 Å². The van der Waals surface area contributed by atoms with Gasteiger partial charge in [-0.3, -0.25) is 4.79 Å². The molecule has 0 aliphatic heterocycles. The molecule has 0 aliphatic rings. The number of carbonyl (C=O) groups is 1. The lowest BCUT2D eigenvalue weighted by Gasteiger charge is -2.07. The number of amides is 1. The summed E-state index contributed by atoms with van der Waals surface area (Å²) in [6.07, 6.45) is 0.286. The fraction of sp³-hybridized carbons (Fsp3) is 0.250. The largest absolute Gasteiger partial charge is 0.396 e. The lowest BCUT2D eigenvalue weighted by atomic mass is 10.2. The van der Waals surface area contributed by atoms with Crippen molar-refractivity contribution in [1.29, 1.82) is 0 Å². The van der Waals surface area contributed by atoms with Gasteiger partial charge in [0.25, 0.3) is 0 Å². The van der Waals surface area contributed by atoms with Crippen molar-refractivity contribution in [2.75, 3.05) is 6.61 Å². The van der Waals surface area contributed by atoms with Gasteiger partial charge in [-0.2, -0.15) is 0 Å². The predicted molar refractivity (Wildman–Crippen MR) is 64.1 cm³/mol. The number of carbonyl (C=O) groups excluding carboxylic acids is 1. The Morgan fingerprint density at radius 2 is 2.12 bits per heavy atom. The molecule has 2 N–H and O–H groups in total. The zero-order valence-corrected chi connectivity index (χ0v) is 9.63. The van der Waals surface area contributed by atoms with E-state index in [0.29, 0.717) is 17.1 Å². The van der Waals surface area contributed by atoms with Crippen LogP contribution in [-0.2, 0) is 11.3 Å². The van der Waals surface area contributed by atoms with Crippen LogP contribution >= 0.6 is 11.6 Å². The predicted octanol–water partition coefficient (Wildman–Crippen LogP) is 1.89. The Hall–Kier alpha value is -1.32. The van der Waals surface area contributed by atoms with Crippen LogP contribution in [0.25, 0.3) is 0 Å². The Morgan fingerprint density at radius 3 is 2.75 bits per heavy atom.